The van der Waals surface area contributed by atoms with Gasteiger partial charge in [-0.2, -0.15) is 0 Å². The van der Waals surface area contributed by atoms with E-state index >= 15 is 0 Å². The summed E-state index contributed by atoms with van der Waals surface area (Å²) in [6.07, 6.45) is 0.165. The van der Waals surface area contributed by atoms with Crippen LogP contribution in [-0.2, 0) is 4.79 Å². The van der Waals surface area contributed by atoms with E-state index in [-0.39, 0.29) is 18.5 Å². The van der Waals surface area contributed by atoms with E-state index in [1.54, 1.807) is 11.3 Å². The van der Waals surface area contributed by atoms with Gasteiger partial charge in [-0.15, -0.1) is 11.3 Å². The van der Waals surface area contributed by atoms with Crippen LogP contribution in [0.25, 0.3) is 0 Å². The lowest BCUT2D eigenvalue weighted by Crippen LogP contribution is -2.33. The van der Waals surface area contributed by atoms with Gasteiger partial charge in [0.15, 0.2) is 0 Å². The molecule has 2 atom stereocenters. The average Bonchev–Trinajstić information content (AvgIpc) is 2.61. The summed E-state index contributed by atoms with van der Waals surface area (Å²) in [5.41, 5.74) is 2.86. The molecule has 1 N–H and O–H groups in total. The van der Waals surface area contributed by atoms with Crippen LogP contribution in [0.3, 0.4) is 0 Å². The van der Waals surface area contributed by atoms with Crippen molar-refractivity contribution in [3.05, 3.63) is 16.1 Å². The van der Waals surface area contributed by atoms with E-state index in [4.69, 9.17) is 5.11 Å². The quantitative estimate of drug-likeness (QED) is 0.861. The summed E-state index contributed by atoms with van der Waals surface area (Å²) in [6, 6.07) is 0.232. The Morgan fingerprint density at radius 2 is 2.25 bits per heavy atom. The van der Waals surface area contributed by atoms with Gasteiger partial charge < -0.3 is 5.11 Å². The first-order valence-corrected chi connectivity index (χ1v) is 6.15. The molecule has 0 bridgehead atoms. The van der Waals surface area contributed by atoms with Crippen LogP contribution in [-0.4, -0.2) is 34.0 Å². The number of carbonyl (C=O) groups is 1. The minimum atomic E-state index is -0.757. The van der Waals surface area contributed by atoms with Crippen LogP contribution >= 0.6 is 11.3 Å². The third-order valence-electron chi connectivity index (χ3n) is 2.94. The first kappa shape index (κ1) is 13.1. The first-order valence-electron chi connectivity index (χ1n) is 5.27. The lowest BCUT2D eigenvalue weighted by molar-refractivity contribution is -0.138. The fourth-order valence-electron chi connectivity index (χ4n) is 1.68. The zero-order chi connectivity index (χ0) is 12.3. The van der Waals surface area contributed by atoms with Gasteiger partial charge in [0.05, 0.1) is 17.6 Å². The van der Waals surface area contributed by atoms with Gasteiger partial charge in [-0.3, -0.25) is 9.69 Å². The third-order valence-corrected chi connectivity index (χ3v) is 4.04. The second-order valence-corrected chi connectivity index (χ2v) is 4.98. The Hall–Kier alpha value is -0.940. The molecule has 0 aliphatic carbocycles. The summed E-state index contributed by atoms with van der Waals surface area (Å²) < 4.78 is 0. The highest BCUT2D eigenvalue weighted by Gasteiger charge is 2.21. The van der Waals surface area contributed by atoms with Gasteiger partial charge >= 0.3 is 5.97 Å². The van der Waals surface area contributed by atoms with Crippen molar-refractivity contribution >= 4 is 17.3 Å². The van der Waals surface area contributed by atoms with E-state index in [9.17, 15) is 4.79 Å². The van der Waals surface area contributed by atoms with Crippen molar-refractivity contribution in [2.45, 2.75) is 39.3 Å². The summed E-state index contributed by atoms with van der Waals surface area (Å²) in [5, 5.41) is 8.76. The molecule has 1 rings (SSSR count). The second kappa shape index (κ2) is 5.41. The van der Waals surface area contributed by atoms with Crippen LogP contribution in [0, 0.1) is 6.92 Å². The van der Waals surface area contributed by atoms with E-state index in [1.807, 2.05) is 26.4 Å². The maximum absolute atomic E-state index is 10.7. The minimum Gasteiger partial charge on any atom is -0.481 e. The van der Waals surface area contributed by atoms with Crippen molar-refractivity contribution < 1.29 is 9.90 Å². The molecule has 0 aromatic carbocycles. The number of nitrogens with zero attached hydrogens (tertiary/aromatic N) is 2. The molecule has 0 aliphatic heterocycles. The van der Waals surface area contributed by atoms with Gasteiger partial charge in [0.25, 0.3) is 0 Å². The van der Waals surface area contributed by atoms with E-state index < -0.39 is 5.97 Å². The lowest BCUT2D eigenvalue weighted by atomic mass is 10.1. The van der Waals surface area contributed by atoms with E-state index in [0.29, 0.717) is 0 Å². The fraction of sp³-hybridized carbons (Fsp3) is 0.636. The molecule has 0 fully saturated rings. The first-order chi connectivity index (χ1) is 7.43. The van der Waals surface area contributed by atoms with E-state index in [0.717, 1.165) is 5.69 Å². The predicted molar refractivity (Wildman–Crippen MR) is 64.7 cm³/mol. The predicted octanol–water partition coefficient (Wildman–Crippen LogP) is 2.31. The zero-order valence-corrected chi connectivity index (χ0v) is 10.9. The SMILES string of the molecule is Cc1ncsc1C(C)N(C)C(C)CC(=O)O. The Bertz CT molecular complexity index is 365. The topological polar surface area (TPSA) is 53.4 Å². The molecular formula is C11H18N2O2S. The number of aliphatic carboxylic acids is 1. The molecule has 2 unspecified atom stereocenters. The summed E-state index contributed by atoms with van der Waals surface area (Å²) in [4.78, 5) is 18.2. The maximum atomic E-state index is 10.7. The Morgan fingerprint density at radius 3 is 2.69 bits per heavy atom. The van der Waals surface area contributed by atoms with Gasteiger partial charge in [-0.1, -0.05) is 0 Å². The summed E-state index contributed by atoms with van der Waals surface area (Å²) in [5.74, 6) is -0.757. The number of rotatable bonds is 5. The highest BCUT2D eigenvalue weighted by Crippen LogP contribution is 2.27. The number of carboxylic acids is 1. The second-order valence-electron chi connectivity index (χ2n) is 4.09. The van der Waals surface area contributed by atoms with Crippen LogP contribution in [0.2, 0.25) is 0 Å². The Morgan fingerprint density at radius 1 is 1.62 bits per heavy atom. The van der Waals surface area contributed by atoms with Crippen LogP contribution < -0.4 is 0 Å². The number of aromatic nitrogens is 1. The molecule has 0 saturated heterocycles. The molecule has 5 heteroatoms. The van der Waals surface area contributed by atoms with Gasteiger partial charge in [-0.05, 0) is 27.8 Å². The smallest absolute Gasteiger partial charge is 0.304 e. The number of carboxylic acid groups (broad SMARTS) is 1. The van der Waals surface area contributed by atoms with Crippen LogP contribution in [0.5, 0.6) is 0 Å². The van der Waals surface area contributed by atoms with E-state index in [1.165, 1.54) is 4.88 Å². The highest BCUT2D eigenvalue weighted by molar-refractivity contribution is 7.09. The maximum Gasteiger partial charge on any atom is 0.304 e. The fourth-order valence-corrected chi connectivity index (χ4v) is 2.59. The summed E-state index contributed by atoms with van der Waals surface area (Å²) in [7, 11) is 1.96. The number of hydrogen-bond donors (Lipinski definition) is 1. The van der Waals surface area contributed by atoms with Crippen LogP contribution in [0.1, 0.15) is 36.9 Å². The highest BCUT2D eigenvalue weighted by atomic mass is 32.1. The van der Waals surface area contributed by atoms with Crippen LogP contribution in [0.15, 0.2) is 5.51 Å². The number of thiazole rings is 1. The normalized spacial score (nSPS) is 15.1. The van der Waals surface area contributed by atoms with E-state index in [2.05, 4.69) is 16.8 Å². The molecule has 1 heterocycles. The minimum absolute atomic E-state index is 0.0222. The van der Waals surface area contributed by atoms with Gasteiger partial charge in [0.1, 0.15) is 0 Å². The molecule has 0 saturated carbocycles. The lowest BCUT2D eigenvalue weighted by Gasteiger charge is -2.29. The molecule has 16 heavy (non-hydrogen) atoms. The monoisotopic (exact) mass is 242 g/mol. The molecular weight excluding hydrogens is 224 g/mol. The van der Waals surface area contributed by atoms with Crippen LogP contribution in [0.4, 0.5) is 0 Å². The van der Waals surface area contributed by atoms with Gasteiger partial charge in [0.2, 0.25) is 0 Å². The standard InChI is InChI=1S/C11H18N2O2S/c1-7(5-10(14)15)13(4)9(3)11-8(2)12-6-16-11/h6-7,9H,5H2,1-4H3,(H,14,15). The molecule has 0 radical (unpaired) electrons. The largest absolute Gasteiger partial charge is 0.481 e. The van der Waals surface area contributed by atoms with Crippen molar-refractivity contribution in [2.24, 2.45) is 0 Å². The Balaban J connectivity index is 2.70. The Labute approximate surface area is 99.9 Å². The number of aryl methyl sites for hydroxylation is 1. The molecule has 1 aromatic heterocycles. The van der Waals surface area contributed by atoms with Crippen molar-refractivity contribution in [1.82, 2.24) is 9.88 Å². The molecule has 90 valence electrons. The zero-order valence-electron chi connectivity index (χ0n) is 10.1. The van der Waals surface area contributed by atoms with Crippen molar-refractivity contribution in [3.8, 4) is 0 Å². The molecule has 1 aromatic rings. The van der Waals surface area contributed by atoms with Gasteiger partial charge in [-0.25, -0.2) is 4.98 Å². The van der Waals surface area contributed by atoms with Gasteiger partial charge in [0, 0.05) is 17.0 Å². The van der Waals surface area contributed by atoms with Crippen molar-refractivity contribution in [3.63, 3.8) is 0 Å². The molecule has 0 amide bonds. The average molecular weight is 242 g/mol. The third kappa shape index (κ3) is 3.02. The summed E-state index contributed by atoms with van der Waals surface area (Å²) >= 11 is 1.62. The van der Waals surface area contributed by atoms with Crippen molar-refractivity contribution in [2.75, 3.05) is 7.05 Å². The Kier molecular flexibility index (Phi) is 4.44. The summed E-state index contributed by atoms with van der Waals surface area (Å²) in [6.45, 7) is 6.00. The van der Waals surface area contributed by atoms with Crippen molar-refractivity contribution in [1.29, 1.82) is 0 Å². The molecule has 0 aliphatic rings. The molecule has 0 spiro atoms. The number of hydrogen-bond acceptors (Lipinski definition) is 4. The molecule has 4 nitrogen and oxygen atoms in total.